The maximum Gasteiger partial charge on any atom is 0.111 e. The minimum absolute atomic E-state index is 0.0163. The molecule has 1 N–H and O–H groups in total. The third-order valence-corrected chi connectivity index (χ3v) is 4.32. The third kappa shape index (κ3) is 3.20. The molecule has 0 spiro atoms. The first-order valence-corrected chi connectivity index (χ1v) is 8.58. The van der Waals surface area contributed by atoms with E-state index in [4.69, 9.17) is 10.1 Å². The second kappa shape index (κ2) is 5.88. The molecule has 126 valence electrons. The molecule has 0 aliphatic carbocycles. The lowest BCUT2D eigenvalue weighted by Crippen LogP contribution is -2.22. The summed E-state index contributed by atoms with van der Waals surface area (Å²) in [5.41, 5.74) is 5.35. The van der Waals surface area contributed by atoms with E-state index in [-0.39, 0.29) is 5.54 Å². The van der Waals surface area contributed by atoms with Crippen LogP contribution in [0.3, 0.4) is 0 Å². The van der Waals surface area contributed by atoms with Gasteiger partial charge in [-0.05, 0) is 44.5 Å². The zero-order chi connectivity index (χ0) is 17.4. The molecule has 0 unspecified atom stereocenters. The van der Waals surface area contributed by atoms with Crippen LogP contribution in [-0.2, 0) is 12.0 Å². The van der Waals surface area contributed by atoms with Crippen molar-refractivity contribution in [3.63, 3.8) is 0 Å². The molecule has 0 fully saturated rings. The Balaban J connectivity index is 1.65. The first kappa shape index (κ1) is 15.6. The molecule has 2 aromatic carbocycles. The fourth-order valence-electron chi connectivity index (χ4n) is 2.94. The van der Waals surface area contributed by atoms with Gasteiger partial charge in [0, 0.05) is 18.2 Å². The lowest BCUT2D eigenvalue weighted by molar-refractivity contribution is 0.356. The van der Waals surface area contributed by atoms with Crippen LogP contribution in [0.1, 0.15) is 32.2 Å². The van der Waals surface area contributed by atoms with Crippen molar-refractivity contribution >= 4 is 11.0 Å². The van der Waals surface area contributed by atoms with Gasteiger partial charge in [-0.1, -0.05) is 36.4 Å². The number of hydrogen-bond donors (Lipinski definition) is 1. The van der Waals surface area contributed by atoms with Gasteiger partial charge in [-0.25, -0.2) is 4.98 Å². The number of aromatic amines is 1. The van der Waals surface area contributed by atoms with Gasteiger partial charge in [0.15, 0.2) is 0 Å². The SMILES string of the molecule is CC(C)(C)n1ccc(-c2ccc3[nH]c(Cc4ccccc4)nc3c2)n1. The number of nitrogens with zero attached hydrogens (tertiary/aromatic N) is 3. The molecule has 25 heavy (non-hydrogen) atoms. The van der Waals surface area contributed by atoms with Crippen LogP contribution in [0.15, 0.2) is 60.8 Å². The van der Waals surface area contributed by atoms with Crippen LogP contribution in [0.25, 0.3) is 22.3 Å². The number of H-pyrrole nitrogens is 1. The largest absolute Gasteiger partial charge is 0.342 e. The first-order valence-electron chi connectivity index (χ1n) is 8.58. The van der Waals surface area contributed by atoms with Gasteiger partial charge in [0.1, 0.15) is 5.82 Å². The molecule has 0 aliphatic rings. The maximum absolute atomic E-state index is 4.76. The predicted octanol–water partition coefficient (Wildman–Crippen LogP) is 4.77. The molecule has 0 amide bonds. The van der Waals surface area contributed by atoms with Crippen LogP contribution in [0.2, 0.25) is 0 Å². The van der Waals surface area contributed by atoms with E-state index in [9.17, 15) is 0 Å². The lowest BCUT2D eigenvalue weighted by atomic mass is 10.1. The number of benzene rings is 2. The Bertz CT molecular complexity index is 1000. The highest BCUT2D eigenvalue weighted by Crippen LogP contribution is 2.24. The molecule has 2 aromatic heterocycles. The van der Waals surface area contributed by atoms with Crippen LogP contribution < -0.4 is 0 Å². The van der Waals surface area contributed by atoms with Crippen molar-refractivity contribution in [3.8, 4) is 11.3 Å². The van der Waals surface area contributed by atoms with E-state index in [2.05, 4.69) is 74.3 Å². The molecular weight excluding hydrogens is 308 g/mol. The van der Waals surface area contributed by atoms with Crippen molar-refractivity contribution in [1.29, 1.82) is 0 Å². The van der Waals surface area contributed by atoms with Crippen molar-refractivity contribution < 1.29 is 0 Å². The second-order valence-corrected chi connectivity index (χ2v) is 7.39. The van der Waals surface area contributed by atoms with Crippen molar-refractivity contribution in [2.45, 2.75) is 32.7 Å². The average molecular weight is 330 g/mol. The van der Waals surface area contributed by atoms with Gasteiger partial charge in [0.25, 0.3) is 0 Å². The average Bonchev–Trinajstić information content (AvgIpc) is 3.21. The van der Waals surface area contributed by atoms with E-state index in [1.165, 1.54) is 5.56 Å². The lowest BCUT2D eigenvalue weighted by Gasteiger charge is -2.18. The summed E-state index contributed by atoms with van der Waals surface area (Å²) in [7, 11) is 0. The van der Waals surface area contributed by atoms with Gasteiger partial charge in [0.2, 0.25) is 0 Å². The number of nitrogens with one attached hydrogen (secondary N) is 1. The fourth-order valence-corrected chi connectivity index (χ4v) is 2.94. The zero-order valence-corrected chi connectivity index (χ0v) is 14.8. The summed E-state index contributed by atoms with van der Waals surface area (Å²) >= 11 is 0. The monoisotopic (exact) mass is 330 g/mol. The second-order valence-electron chi connectivity index (χ2n) is 7.39. The topological polar surface area (TPSA) is 46.5 Å². The smallest absolute Gasteiger partial charge is 0.111 e. The van der Waals surface area contributed by atoms with E-state index >= 15 is 0 Å². The Morgan fingerprint density at radius 2 is 1.80 bits per heavy atom. The van der Waals surface area contributed by atoms with E-state index in [1.54, 1.807) is 0 Å². The van der Waals surface area contributed by atoms with Crippen molar-refractivity contribution in [3.05, 3.63) is 72.2 Å². The minimum atomic E-state index is -0.0163. The highest BCUT2D eigenvalue weighted by atomic mass is 15.3. The van der Waals surface area contributed by atoms with Crippen LogP contribution in [0, 0.1) is 0 Å². The summed E-state index contributed by atoms with van der Waals surface area (Å²) in [6, 6.07) is 18.7. The molecular formula is C21H22N4. The van der Waals surface area contributed by atoms with Crippen LogP contribution >= 0.6 is 0 Å². The molecule has 0 aliphatic heterocycles. The standard InChI is InChI=1S/C21H22N4/c1-21(2,3)25-12-11-17(24-25)16-9-10-18-19(14-16)23-20(22-18)13-15-7-5-4-6-8-15/h4-12,14H,13H2,1-3H3,(H,22,23). The van der Waals surface area contributed by atoms with Gasteiger partial charge >= 0.3 is 0 Å². The Morgan fingerprint density at radius 3 is 2.52 bits per heavy atom. The van der Waals surface area contributed by atoms with Gasteiger partial charge in [-0.15, -0.1) is 0 Å². The van der Waals surface area contributed by atoms with Gasteiger partial charge in [0.05, 0.1) is 22.3 Å². The van der Waals surface area contributed by atoms with E-state index in [1.807, 2.05) is 16.9 Å². The summed E-state index contributed by atoms with van der Waals surface area (Å²) in [6.45, 7) is 6.45. The van der Waals surface area contributed by atoms with Gasteiger partial charge in [-0.3, -0.25) is 4.68 Å². The summed E-state index contributed by atoms with van der Waals surface area (Å²) in [5.74, 6) is 0.985. The molecule has 2 heterocycles. The molecule has 4 nitrogen and oxygen atoms in total. The van der Waals surface area contributed by atoms with Crippen LogP contribution in [0.4, 0.5) is 0 Å². The number of aromatic nitrogens is 4. The van der Waals surface area contributed by atoms with Crippen molar-refractivity contribution in [2.24, 2.45) is 0 Å². The quantitative estimate of drug-likeness (QED) is 0.588. The summed E-state index contributed by atoms with van der Waals surface area (Å²) in [4.78, 5) is 8.18. The highest BCUT2D eigenvalue weighted by Gasteiger charge is 2.15. The normalized spacial score (nSPS) is 12.0. The Labute approximate surface area is 147 Å². The molecule has 0 saturated carbocycles. The molecule has 0 atom stereocenters. The van der Waals surface area contributed by atoms with E-state index in [0.717, 1.165) is 34.5 Å². The number of fused-ring (bicyclic) bond motifs is 1. The van der Waals surface area contributed by atoms with Crippen molar-refractivity contribution in [2.75, 3.05) is 0 Å². The Morgan fingerprint density at radius 1 is 1.00 bits per heavy atom. The zero-order valence-electron chi connectivity index (χ0n) is 14.8. The first-order chi connectivity index (χ1) is 12.0. The van der Waals surface area contributed by atoms with Gasteiger partial charge < -0.3 is 4.98 Å². The summed E-state index contributed by atoms with van der Waals surface area (Å²) in [6.07, 6.45) is 2.84. The maximum atomic E-state index is 4.76. The van der Waals surface area contributed by atoms with Crippen molar-refractivity contribution in [1.82, 2.24) is 19.7 Å². The molecule has 4 aromatic rings. The van der Waals surface area contributed by atoms with Gasteiger partial charge in [-0.2, -0.15) is 5.10 Å². The number of imidazole rings is 1. The van der Waals surface area contributed by atoms with Crippen LogP contribution in [0.5, 0.6) is 0 Å². The Hall–Kier alpha value is -2.88. The highest BCUT2D eigenvalue weighted by molar-refractivity contribution is 5.81. The number of rotatable bonds is 3. The Kier molecular flexibility index (Phi) is 3.68. The van der Waals surface area contributed by atoms with E-state index < -0.39 is 0 Å². The number of hydrogen-bond acceptors (Lipinski definition) is 2. The molecule has 0 saturated heterocycles. The van der Waals surface area contributed by atoms with Crippen LogP contribution in [-0.4, -0.2) is 19.7 Å². The summed E-state index contributed by atoms with van der Waals surface area (Å²) < 4.78 is 2.00. The fraction of sp³-hybridized carbons (Fsp3) is 0.238. The minimum Gasteiger partial charge on any atom is -0.342 e. The third-order valence-electron chi connectivity index (χ3n) is 4.32. The molecule has 0 bridgehead atoms. The molecule has 4 rings (SSSR count). The summed E-state index contributed by atoms with van der Waals surface area (Å²) in [5, 5.41) is 4.71. The molecule has 4 heteroatoms. The van der Waals surface area contributed by atoms with E-state index in [0.29, 0.717) is 0 Å². The predicted molar refractivity (Wildman–Crippen MR) is 102 cm³/mol. The molecule has 0 radical (unpaired) electrons.